The molecule has 8 heteroatoms. The van der Waals surface area contributed by atoms with Gasteiger partial charge in [-0.3, -0.25) is 0 Å². The Kier molecular flexibility index (Phi) is 4.22. The summed E-state index contributed by atoms with van der Waals surface area (Å²) in [4.78, 5) is 30.0. The molecule has 0 saturated carbocycles. The number of carbonyl (C=O) groups is 2. The molecule has 2 heterocycles. The molecule has 1 aliphatic rings. The molecule has 1 aromatic heterocycles. The zero-order valence-corrected chi connectivity index (χ0v) is 13.5. The first-order valence-corrected chi connectivity index (χ1v) is 7.17. The summed E-state index contributed by atoms with van der Waals surface area (Å²) in [7, 11) is 2.50. The number of hydrogen-bond donors (Lipinski definition) is 0. The summed E-state index contributed by atoms with van der Waals surface area (Å²) < 4.78 is 20.4. The zero-order chi connectivity index (χ0) is 17.3. The highest BCUT2D eigenvalue weighted by molar-refractivity contribution is 6.03. The zero-order valence-electron chi connectivity index (χ0n) is 13.5. The van der Waals surface area contributed by atoms with Crippen molar-refractivity contribution in [2.45, 2.75) is 6.92 Å². The van der Waals surface area contributed by atoms with Crippen molar-refractivity contribution < 1.29 is 28.2 Å². The van der Waals surface area contributed by atoms with E-state index in [1.807, 2.05) is 0 Å². The number of aryl methyl sites for hydroxylation is 1. The Bertz CT molecular complexity index is 838. The predicted octanol–water partition coefficient (Wildman–Crippen LogP) is 1.53. The molecule has 1 aromatic carbocycles. The molecule has 0 unspecified atom stereocenters. The number of oxazole rings is 1. The van der Waals surface area contributed by atoms with Crippen molar-refractivity contribution in [3.8, 4) is 0 Å². The Balaban J connectivity index is 2.11. The van der Waals surface area contributed by atoms with Crippen LogP contribution >= 0.6 is 0 Å². The second-order valence-corrected chi connectivity index (χ2v) is 5.10. The lowest BCUT2D eigenvalue weighted by molar-refractivity contribution is -0.140. The molecule has 0 amide bonds. The van der Waals surface area contributed by atoms with Gasteiger partial charge in [-0.05, 0) is 18.2 Å². The fourth-order valence-electron chi connectivity index (χ4n) is 2.55. The van der Waals surface area contributed by atoms with Crippen LogP contribution < -0.4 is 4.90 Å². The molecule has 1 aliphatic heterocycles. The number of nitrogens with zero attached hydrogens (tertiary/aromatic N) is 2. The third-order valence-corrected chi connectivity index (χ3v) is 3.62. The van der Waals surface area contributed by atoms with Crippen LogP contribution in [0.25, 0.3) is 11.1 Å². The molecule has 0 N–H and O–H groups in total. The Morgan fingerprint density at radius 1 is 1.21 bits per heavy atom. The second kappa shape index (κ2) is 6.32. The van der Waals surface area contributed by atoms with Gasteiger partial charge in [0.2, 0.25) is 0 Å². The predicted molar refractivity (Wildman–Crippen MR) is 83.1 cm³/mol. The maximum absolute atomic E-state index is 12.2. The van der Waals surface area contributed by atoms with Crippen LogP contribution in [0.3, 0.4) is 0 Å². The standard InChI is InChI=1S/C16H16N2O6/c1-9-17-12-6-10(4-5-13(12)24-9)18-8-23-7-11(15(19)21-2)14(18)16(20)22-3/h4-6H,7-8H2,1-3H3. The Hall–Kier alpha value is -2.87. The van der Waals surface area contributed by atoms with E-state index in [9.17, 15) is 9.59 Å². The lowest BCUT2D eigenvalue weighted by Crippen LogP contribution is -2.38. The van der Waals surface area contributed by atoms with Crippen molar-refractivity contribution in [3.05, 3.63) is 35.4 Å². The summed E-state index contributed by atoms with van der Waals surface area (Å²) in [6.45, 7) is 1.81. The van der Waals surface area contributed by atoms with Gasteiger partial charge in [0.05, 0.1) is 26.4 Å². The topological polar surface area (TPSA) is 91.1 Å². The van der Waals surface area contributed by atoms with Gasteiger partial charge in [-0.1, -0.05) is 0 Å². The molecule has 0 bridgehead atoms. The van der Waals surface area contributed by atoms with Gasteiger partial charge in [0, 0.05) is 12.6 Å². The second-order valence-electron chi connectivity index (χ2n) is 5.10. The van der Waals surface area contributed by atoms with E-state index in [4.69, 9.17) is 18.6 Å². The SMILES string of the molecule is COC(=O)C1=C(C(=O)OC)N(c2ccc3oc(C)nc3c2)COC1. The number of methoxy groups -OCH3 is 2. The van der Waals surface area contributed by atoms with Crippen molar-refractivity contribution in [2.75, 3.05) is 32.5 Å². The smallest absolute Gasteiger partial charge is 0.355 e. The van der Waals surface area contributed by atoms with Gasteiger partial charge < -0.3 is 23.5 Å². The molecule has 0 radical (unpaired) electrons. The minimum absolute atomic E-state index is 0.0288. The number of benzene rings is 1. The minimum atomic E-state index is -0.643. The third-order valence-electron chi connectivity index (χ3n) is 3.62. The Labute approximate surface area is 137 Å². The maximum atomic E-state index is 12.2. The molecule has 0 spiro atoms. The highest BCUT2D eigenvalue weighted by Crippen LogP contribution is 2.29. The van der Waals surface area contributed by atoms with Crippen LogP contribution in [-0.2, 0) is 23.8 Å². The summed E-state index contributed by atoms with van der Waals surface area (Å²) in [5, 5.41) is 0. The Morgan fingerprint density at radius 3 is 2.67 bits per heavy atom. The van der Waals surface area contributed by atoms with Crippen LogP contribution in [0.2, 0.25) is 0 Å². The van der Waals surface area contributed by atoms with Gasteiger partial charge in [-0.25, -0.2) is 14.6 Å². The van der Waals surface area contributed by atoms with Crippen LogP contribution in [0.5, 0.6) is 0 Å². The minimum Gasteiger partial charge on any atom is -0.466 e. The molecule has 24 heavy (non-hydrogen) atoms. The lowest BCUT2D eigenvalue weighted by atomic mass is 10.1. The monoisotopic (exact) mass is 332 g/mol. The van der Waals surface area contributed by atoms with Gasteiger partial charge in [0.1, 0.15) is 17.9 Å². The van der Waals surface area contributed by atoms with Crippen molar-refractivity contribution in [1.82, 2.24) is 4.98 Å². The first kappa shape index (κ1) is 16.0. The number of esters is 2. The fourth-order valence-corrected chi connectivity index (χ4v) is 2.55. The van der Waals surface area contributed by atoms with E-state index < -0.39 is 11.9 Å². The van der Waals surface area contributed by atoms with Crippen molar-refractivity contribution in [3.63, 3.8) is 0 Å². The first-order valence-electron chi connectivity index (χ1n) is 7.17. The normalized spacial score (nSPS) is 14.9. The summed E-state index contributed by atoms with van der Waals surface area (Å²) in [5.74, 6) is -0.746. The number of fused-ring (bicyclic) bond motifs is 1. The third kappa shape index (κ3) is 2.71. The number of ether oxygens (including phenoxy) is 3. The van der Waals surface area contributed by atoms with Gasteiger partial charge in [0.15, 0.2) is 11.5 Å². The molecular weight excluding hydrogens is 316 g/mol. The van der Waals surface area contributed by atoms with E-state index in [1.54, 1.807) is 30.0 Å². The molecule has 0 atom stereocenters. The van der Waals surface area contributed by atoms with E-state index in [0.29, 0.717) is 22.7 Å². The average molecular weight is 332 g/mol. The van der Waals surface area contributed by atoms with Gasteiger partial charge in [-0.15, -0.1) is 0 Å². The number of aromatic nitrogens is 1. The van der Waals surface area contributed by atoms with Crippen LogP contribution in [-0.4, -0.2) is 44.5 Å². The molecule has 0 fully saturated rings. The summed E-state index contributed by atoms with van der Waals surface area (Å²) >= 11 is 0. The number of hydrogen-bond acceptors (Lipinski definition) is 8. The van der Waals surface area contributed by atoms with Crippen LogP contribution in [0, 0.1) is 6.92 Å². The summed E-state index contributed by atoms with van der Waals surface area (Å²) in [5.41, 5.74) is 2.09. The van der Waals surface area contributed by atoms with Crippen LogP contribution in [0.4, 0.5) is 5.69 Å². The van der Waals surface area contributed by atoms with E-state index in [0.717, 1.165) is 0 Å². The van der Waals surface area contributed by atoms with Gasteiger partial charge in [0.25, 0.3) is 0 Å². The van der Waals surface area contributed by atoms with E-state index >= 15 is 0 Å². The summed E-state index contributed by atoms with van der Waals surface area (Å²) in [6.07, 6.45) is 0. The Morgan fingerprint density at radius 2 is 1.96 bits per heavy atom. The van der Waals surface area contributed by atoms with Crippen LogP contribution in [0.15, 0.2) is 33.9 Å². The molecular formula is C16H16N2O6. The van der Waals surface area contributed by atoms with E-state index in [1.165, 1.54) is 14.2 Å². The number of anilines is 1. The van der Waals surface area contributed by atoms with Gasteiger partial charge >= 0.3 is 11.9 Å². The quantitative estimate of drug-likeness (QED) is 0.782. The largest absolute Gasteiger partial charge is 0.466 e. The molecule has 0 saturated heterocycles. The van der Waals surface area contributed by atoms with E-state index in [2.05, 4.69) is 4.98 Å². The number of carbonyl (C=O) groups excluding carboxylic acids is 2. The lowest BCUT2D eigenvalue weighted by Gasteiger charge is -2.31. The van der Waals surface area contributed by atoms with Gasteiger partial charge in [-0.2, -0.15) is 0 Å². The number of rotatable bonds is 3. The maximum Gasteiger partial charge on any atom is 0.355 e. The van der Waals surface area contributed by atoms with Crippen molar-refractivity contribution in [1.29, 1.82) is 0 Å². The first-order chi connectivity index (χ1) is 11.5. The molecule has 126 valence electrons. The fraction of sp³-hybridized carbons (Fsp3) is 0.312. The molecule has 0 aliphatic carbocycles. The highest BCUT2D eigenvalue weighted by Gasteiger charge is 2.32. The molecule has 2 aromatic rings. The molecule has 8 nitrogen and oxygen atoms in total. The van der Waals surface area contributed by atoms with Crippen LogP contribution in [0.1, 0.15) is 5.89 Å². The van der Waals surface area contributed by atoms with Crippen molar-refractivity contribution >= 4 is 28.7 Å². The summed E-state index contributed by atoms with van der Waals surface area (Å²) in [6, 6.07) is 5.24. The average Bonchev–Trinajstić information content (AvgIpc) is 2.98. The molecule has 3 rings (SSSR count). The van der Waals surface area contributed by atoms with E-state index in [-0.39, 0.29) is 24.6 Å². The highest BCUT2D eigenvalue weighted by atomic mass is 16.5. The van der Waals surface area contributed by atoms with Crippen molar-refractivity contribution in [2.24, 2.45) is 0 Å².